The Morgan fingerprint density at radius 1 is 0.262 bits per heavy atom. The Hall–Kier alpha value is -3.23. The maximum Gasteiger partial charge on any atom is 0.217 e. The minimum atomic E-state index is -2.53. The quantitative estimate of drug-likeness (QED) is 0.0382. The van der Waals surface area contributed by atoms with Crippen molar-refractivity contribution in [3.8, 4) is 0 Å². The van der Waals surface area contributed by atoms with Crippen LogP contribution in [0.25, 0.3) is 0 Å². The molecule has 3 amide bonds. The van der Waals surface area contributed by atoms with Crippen molar-refractivity contribution in [2.75, 3.05) is 46.2 Å². The average molecular weight is 1570 g/mol. The SMILES string of the molecule is CC(=O)N[C@@H]1[C@@H](O[C@@H]2O[C@@H](C)[C@@H](O)[C@@H](O)[C@@H]2O)[C@H](O[C@@H]2O[C@H](CO)[C@@H](O[C@@H]3O[C@H](CO[C@H]4O[C@H](CO)[C@@H](O)[C@H](O)[C@@H]4O)[C@@H](O)[C@H](O[C@H]4O[C@H](CO)[C@@H](O)[C@H](O)[C@@H]4O[C@@H]4O[C@H](CO[C@@H]5O[C@@H](C)[C@@H](O)[C@@H](O)[C@@H]5O)[C@@H](O[C@@H]5O[C@H](CO)[C@H](O)[C@H](O)[C@H]5O)[C@H](O)[C@H]4NC(C)=O)[C@@H]3O)[C@H](O)[C@H]2NC(C)=O)[C@@H](CO)O[C@H]1O. The van der Waals surface area contributed by atoms with Crippen molar-refractivity contribution in [3.05, 3.63) is 0 Å². The zero-order valence-corrected chi connectivity index (χ0v) is 57.8. The molecule has 0 aromatic rings. The van der Waals surface area contributed by atoms with Crippen LogP contribution >= 0.6 is 0 Å². The summed E-state index contributed by atoms with van der Waals surface area (Å²) >= 11 is 0. The van der Waals surface area contributed by atoms with E-state index in [1.165, 1.54) is 13.8 Å². The molecule has 0 unspecified atom stereocenters. The lowest BCUT2D eigenvalue weighted by molar-refractivity contribution is -0.399. The molecule has 9 saturated heterocycles. The second-order valence-corrected chi connectivity index (χ2v) is 27.4. The van der Waals surface area contributed by atoms with Gasteiger partial charge in [0.25, 0.3) is 0 Å². The first-order chi connectivity index (χ1) is 50.5. The van der Waals surface area contributed by atoms with Crippen molar-refractivity contribution in [1.29, 1.82) is 0 Å². The standard InChI is InChI=1S/C60H101N3O44/c1-13-28(72)36(80)41(85)55(93-13)92-12-24-47(103-58-44(88)39(83)31(75)19(7-65)97-58)35(79)26(62-16(4)70)54(101-24)107-51-40(84)32(76)20(8-66)98-60(51)106-50-33(77)23(11-91-56-42(86)38(82)30(74)18(6-64)96-56)100-59(45(50)89)102-46-21(9-67)99-53(25(34(46)78)61-15(3)69)104-48-22(10-68)95-52(90)27(63-17(5)71)49(48)105-57-43(87)37(81)29(73)14(2)94-57/h13-14,18-60,64-68,72-90H,6-12H2,1-5H3,(H,61,69)(H,62,70)(H,63,71)/t13-,14-,18+,19+,20+,21+,22+,23+,24+,25+,26+,27+,28+,29+,30+,31-,32+,33+,34+,35+,36+,37+,38-,39-,40-,41-,42-,43-,44+,45-,46+,47+,48+,49+,50-,51-,52+,53-,54-,55+,56-,57-,58-,59-,60+/m0/s1. The van der Waals surface area contributed by atoms with Gasteiger partial charge in [-0.15, -0.1) is 0 Å². The molecule has 47 heteroatoms. The topological polar surface area (TPSA) is 730 Å². The van der Waals surface area contributed by atoms with E-state index in [4.69, 9.17) is 80.5 Å². The monoisotopic (exact) mass is 1570 g/mol. The molecule has 0 radical (unpaired) electrons. The first-order valence-corrected chi connectivity index (χ1v) is 34.3. The summed E-state index contributed by atoms with van der Waals surface area (Å²) in [6, 6.07) is -5.68. The second kappa shape index (κ2) is 37.8. The van der Waals surface area contributed by atoms with Gasteiger partial charge in [-0.1, -0.05) is 0 Å². The van der Waals surface area contributed by atoms with Crippen molar-refractivity contribution in [2.24, 2.45) is 0 Å². The van der Waals surface area contributed by atoms with Crippen LogP contribution in [0.2, 0.25) is 0 Å². The summed E-state index contributed by atoms with van der Waals surface area (Å²) in [4.78, 5) is 38.9. The predicted molar refractivity (Wildman–Crippen MR) is 329 cm³/mol. The maximum absolute atomic E-state index is 13.1. The van der Waals surface area contributed by atoms with Gasteiger partial charge in [0.05, 0.1) is 58.5 Å². The van der Waals surface area contributed by atoms with Gasteiger partial charge in [-0.3, -0.25) is 14.4 Å². The molecular formula is C60H101N3O44. The highest BCUT2D eigenvalue weighted by molar-refractivity contribution is 5.74. The fourth-order valence-corrected chi connectivity index (χ4v) is 13.8. The van der Waals surface area contributed by atoms with E-state index >= 15 is 0 Å². The number of amides is 3. The lowest BCUT2D eigenvalue weighted by atomic mass is 9.93. The minimum absolute atomic E-state index is 0.832. The summed E-state index contributed by atoms with van der Waals surface area (Å²) in [5, 5.41) is 272. The van der Waals surface area contributed by atoms with E-state index in [2.05, 4.69) is 16.0 Å². The summed E-state index contributed by atoms with van der Waals surface area (Å²) in [5.74, 6) is -2.76. The molecule has 47 nitrogen and oxygen atoms in total. The van der Waals surface area contributed by atoms with Crippen LogP contribution in [0.5, 0.6) is 0 Å². The van der Waals surface area contributed by atoms with E-state index < -0.39 is 340 Å². The highest BCUT2D eigenvalue weighted by Gasteiger charge is 2.61. The van der Waals surface area contributed by atoms with Crippen molar-refractivity contribution >= 4 is 17.7 Å². The number of carbonyl (C=O) groups is 3. The molecule has 0 bridgehead atoms. The molecule has 9 heterocycles. The molecule has 9 aliphatic heterocycles. The normalized spacial score (nSPS) is 50.7. The molecule has 0 saturated carbocycles. The average Bonchev–Trinajstić information content (AvgIpc) is 0.765. The molecule has 0 aromatic heterocycles. The summed E-state index contributed by atoms with van der Waals surface area (Å²) < 4.78 is 101. The summed E-state index contributed by atoms with van der Waals surface area (Å²) in [5.41, 5.74) is 0. The van der Waals surface area contributed by atoms with Gasteiger partial charge in [-0.05, 0) is 13.8 Å². The largest absolute Gasteiger partial charge is 0.394 e. The van der Waals surface area contributed by atoms with Crippen LogP contribution in [0, 0.1) is 0 Å². The molecule has 9 rings (SSSR count). The third kappa shape index (κ3) is 19.3. The minimum Gasteiger partial charge on any atom is -0.394 e. The fourth-order valence-electron chi connectivity index (χ4n) is 13.8. The van der Waals surface area contributed by atoms with Gasteiger partial charge in [-0.2, -0.15) is 0 Å². The van der Waals surface area contributed by atoms with E-state index in [1.807, 2.05) is 0 Å². The smallest absolute Gasteiger partial charge is 0.217 e. The Labute approximate surface area is 606 Å². The fraction of sp³-hybridized carbons (Fsp3) is 0.950. The summed E-state index contributed by atoms with van der Waals surface area (Å²) in [6.07, 6.45) is -84.3. The van der Waals surface area contributed by atoms with Crippen molar-refractivity contribution in [1.82, 2.24) is 16.0 Å². The number of aliphatic hydroxyl groups is 24. The molecule has 27 N–H and O–H groups in total. The van der Waals surface area contributed by atoms with Gasteiger partial charge in [-0.25, -0.2) is 0 Å². The molecular weight excluding hydrogens is 1470 g/mol. The van der Waals surface area contributed by atoms with E-state index in [9.17, 15) is 137 Å². The van der Waals surface area contributed by atoms with Crippen molar-refractivity contribution < 1.29 is 217 Å². The Morgan fingerprint density at radius 2 is 0.579 bits per heavy atom. The number of nitrogens with one attached hydrogen (secondary N) is 3. The van der Waals surface area contributed by atoms with Gasteiger partial charge in [0.15, 0.2) is 56.6 Å². The third-order valence-electron chi connectivity index (χ3n) is 19.9. The zero-order valence-electron chi connectivity index (χ0n) is 57.8. The molecule has 45 atom stereocenters. The van der Waals surface area contributed by atoms with E-state index in [0.29, 0.717) is 0 Å². The molecule has 9 fully saturated rings. The summed E-state index contributed by atoms with van der Waals surface area (Å²) in [7, 11) is 0. The number of aliphatic hydroxyl groups excluding tert-OH is 24. The van der Waals surface area contributed by atoms with Gasteiger partial charge in [0.1, 0.15) is 207 Å². The summed E-state index contributed by atoms with van der Waals surface area (Å²) in [6.45, 7) is -1.93. The van der Waals surface area contributed by atoms with E-state index in [1.54, 1.807) is 0 Å². The molecule has 0 aromatic carbocycles. The number of hydrogen-bond donors (Lipinski definition) is 27. The number of ether oxygens (including phenoxy) is 17. The Kier molecular flexibility index (Phi) is 31.0. The maximum atomic E-state index is 13.1. The van der Waals surface area contributed by atoms with Crippen LogP contribution in [0.4, 0.5) is 0 Å². The van der Waals surface area contributed by atoms with Crippen LogP contribution in [0.3, 0.4) is 0 Å². The predicted octanol–water partition coefficient (Wildman–Crippen LogP) is -18.1. The first-order valence-electron chi connectivity index (χ1n) is 34.3. The molecule has 9 aliphatic rings. The highest BCUT2D eigenvalue weighted by atomic mass is 16.8. The molecule has 0 spiro atoms. The Balaban J connectivity index is 1.04. The van der Waals surface area contributed by atoms with Crippen LogP contribution in [-0.2, 0) is 94.9 Å². The third-order valence-corrected chi connectivity index (χ3v) is 19.9. The molecule has 620 valence electrons. The van der Waals surface area contributed by atoms with Crippen LogP contribution in [0.1, 0.15) is 34.6 Å². The van der Waals surface area contributed by atoms with Crippen LogP contribution in [-0.4, -0.2) is 463 Å². The lowest BCUT2D eigenvalue weighted by Gasteiger charge is -2.51. The van der Waals surface area contributed by atoms with Gasteiger partial charge >= 0.3 is 0 Å². The molecule has 107 heavy (non-hydrogen) atoms. The van der Waals surface area contributed by atoms with Crippen LogP contribution < -0.4 is 16.0 Å². The van der Waals surface area contributed by atoms with Crippen LogP contribution in [0.15, 0.2) is 0 Å². The number of hydrogen-bond acceptors (Lipinski definition) is 44. The van der Waals surface area contributed by atoms with Gasteiger partial charge in [0.2, 0.25) is 17.7 Å². The zero-order chi connectivity index (χ0) is 78.8. The Morgan fingerprint density at radius 3 is 1.07 bits per heavy atom. The van der Waals surface area contributed by atoms with Crippen molar-refractivity contribution in [2.45, 2.75) is 311 Å². The number of rotatable bonds is 26. The second-order valence-electron chi connectivity index (χ2n) is 27.4. The van der Waals surface area contributed by atoms with Gasteiger partial charge in [0, 0.05) is 20.8 Å². The lowest BCUT2D eigenvalue weighted by Crippen LogP contribution is -2.71. The Bertz CT molecular complexity index is 2800. The van der Waals surface area contributed by atoms with Gasteiger partial charge < -0.3 is 219 Å². The highest BCUT2D eigenvalue weighted by Crippen LogP contribution is 2.40. The first kappa shape index (κ1) is 87.7. The van der Waals surface area contributed by atoms with Crippen molar-refractivity contribution in [3.63, 3.8) is 0 Å². The van der Waals surface area contributed by atoms with E-state index in [0.717, 1.165) is 20.8 Å². The van der Waals surface area contributed by atoms with E-state index in [-0.39, 0.29) is 0 Å². The molecule has 0 aliphatic carbocycles. The number of carbonyl (C=O) groups excluding carboxylic acids is 3.